The van der Waals surface area contributed by atoms with Gasteiger partial charge in [0.25, 0.3) is 10.0 Å². The third kappa shape index (κ3) is 7.61. The third-order valence-electron chi connectivity index (χ3n) is 7.23. The Labute approximate surface area is 254 Å². The second kappa shape index (κ2) is 14.0. The van der Waals surface area contributed by atoms with Crippen molar-refractivity contribution < 1.29 is 22.7 Å². The number of hydrogen-bond acceptors (Lipinski definition) is 5. The molecule has 1 atom stereocenters. The quantitative estimate of drug-likeness (QED) is 0.221. The first-order chi connectivity index (χ1) is 20.6. The van der Waals surface area contributed by atoms with Gasteiger partial charge in [-0.3, -0.25) is 13.9 Å². The molecule has 43 heavy (non-hydrogen) atoms. The Morgan fingerprint density at radius 2 is 1.42 bits per heavy atom. The number of benzene rings is 4. The Bertz CT molecular complexity index is 1640. The van der Waals surface area contributed by atoms with E-state index < -0.39 is 28.5 Å². The van der Waals surface area contributed by atoms with E-state index in [1.165, 1.54) is 24.1 Å². The van der Waals surface area contributed by atoms with Gasteiger partial charge in [0.15, 0.2) is 0 Å². The van der Waals surface area contributed by atoms with Crippen molar-refractivity contribution in [2.45, 2.75) is 44.7 Å². The lowest BCUT2D eigenvalue weighted by Crippen LogP contribution is -2.51. The van der Waals surface area contributed by atoms with Crippen LogP contribution in [0.25, 0.3) is 0 Å². The number of aryl methyl sites for hydroxylation is 2. The molecule has 0 bridgehead atoms. The molecule has 0 spiro atoms. The zero-order valence-corrected chi connectivity index (χ0v) is 25.7. The molecule has 4 aromatic carbocycles. The lowest BCUT2D eigenvalue weighted by Gasteiger charge is -2.33. The smallest absolute Gasteiger partial charge is 0.264 e. The normalized spacial score (nSPS) is 11.8. The average molecular weight is 600 g/mol. The summed E-state index contributed by atoms with van der Waals surface area (Å²) in [5, 5.41) is 2.65. The zero-order valence-electron chi connectivity index (χ0n) is 24.9. The minimum atomic E-state index is -4.17. The molecule has 2 amide bonds. The highest BCUT2D eigenvalue weighted by Crippen LogP contribution is 2.29. The Morgan fingerprint density at radius 3 is 2.02 bits per heavy atom. The van der Waals surface area contributed by atoms with Crippen LogP contribution in [0.2, 0.25) is 0 Å². The fraction of sp³-hybridized carbons (Fsp3) is 0.235. The standard InChI is InChI=1S/C34H37N3O5S/c1-5-32(34(39)35-4)36(23-27-12-10-9-11-26(27)3)33(38)24-37(43(40,41)31-21-15-25(2)16-22-31)28-17-19-30(20-18-28)42-29-13-7-6-8-14-29/h6-22,32H,5,23-24H2,1-4H3,(H,35,39). The maximum absolute atomic E-state index is 14.1. The van der Waals surface area contributed by atoms with Crippen LogP contribution in [0, 0.1) is 13.8 Å². The maximum Gasteiger partial charge on any atom is 0.264 e. The lowest BCUT2D eigenvalue weighted by atomic mass is 10.1. The first-order valence-corrected chi connectivity index (χ1v) is 15.6. The van der Waals surface area contributed by atoms with Gasteiger partial charge in [-0.2, -0.15) is 0 Å². The Balaban J connectivity index is 1.73. The van der Waals surface area contributed by atoms with Crippen molar-refractivity contribution in [3.63, 3.8) is 0 Å². The summed E-state index contributed by atoms with van der Waals surface area (Å²) in [6, 6.07) is 29.1. The number of sulfonamides is 1. The lowest BCUT2D eigenvalue weighted by molar-refractivity contribution is -0.140. The molecular formula is C34H37N3O5S. The molecule has 224 valence electrons. The molecule has 0 fully saturated rings. The monoisotopic (exact) mass is 599 g/mol. The third-order valence-corrected chi connectivity index (χ3v) is 9.01. The number of amides is 2. The van der Waals surface area contributed by atoms with E-state index in [0.29, 0.717) is 17.9 Å². The maximum atomic E-state index is 14.1. The van der Waals surface area contributed by atoms with Crippen LogP contribution in [-0.2, 0) is 26.2 Å². The van der Waals surface area contributed by atoms with E-state index in [-0.39, 0.29) is 23.0 Å². The van der Waals surface area contributed by atoms with E-state index in [0.717, 1.165) is 21.0 Å². The Morgan fingerprint density at radius 1 is 0.814 bits per heavy atom. The predicted octanol–water partition coefficient (Wildman–Crippen LogP) is 5.84. The van der Waals surface area contributed by atoms with E-state index in [2.05, 4.69) is 5.32 Å². The first kappa shape index (κ1) is 31.3. The van der Waals surface area contributed by atoms with E-state index >= 15 is 0 Å². The molecule has 0 aliphatic carbocycles. The van der Waals surface area contributed by atoms with Gasteiger partial charge in [-0.1, -0.05) is 67.1 Å². The van der Waals surface area contributed by atoms with E-state index in [4.69, 9.17) is 4.74 Å². The molecule has 0 aromatic heterocycles. The van der Waals surface area contributed by atoms with Gasteiger partial charge in [0.1, 0.15) is 24.1 Å². The second-order valence-electron chi connectivity index (χ2n) is 10.2. The SMILES string of the molecule is CCC(C(=O)NC)N(Cc1ccccc1C)C(=O)CN(c1ccc(Oc2ccccc2)cc1)S(=O)(=O)c1ccc(C)cc1. The van der Waals surface area contributed by atoms with Crippen LogP contribution < -0.4 is 14.4 Å². The Hall–Kier alpha value is -4.63. The number of nitrogens with zero attached hydrogens (tertiary/aromatic N) is 2. The molecule has 0 radical (unpaired) electrons. The molecule has 0 aliphatic heterocycles. The summed E-state index contributed by atoms with van der Waals surface area (Å²) in [6.07, 6.45) is 0.355. The fourth-order valence-electron chi connectivity index (χ4n) is 4.73. The van der Waals surface area contributed by atoms with Crippen LogP contribution in [0.5, 0.6) is 11.5 Å². The van der Waals surface area contributed by atoms with Gasteiger partial charge in [-0.15, -0.1) is 0 Å². The molecule has 4 rings (SSSR count). The Kier molecular flexibility index (Phi) is 10.2. The van der Waals surface area contributed by atoms with Gasteiger partial charge >= 0.3 is 0 Å². The summed E-state index contributed by atoms with van der Waals surface area (Å²) in [5.74, 6) is 0.334. The minimum Gasteiger partial charge on any atom is -0.457 e. The molecule has 1 N–H and O–H groups in total. The van der Waals surface area contributed by atoms with Crippen molar-refractivity contribution in [3.05, 3.63) is 120 Å². The van der Waals surface area contributed by atoms with E-state index in [9.17, 15) is 18.0 Å². The zero-order chi connectivity index (χ0) is 31.0. The van der Waals surface area contributed by atoms with Crippen LogP contribution >= 0.6 is 0 Å². The molecule has 0 aliphatic rings. The molecule has 0 saturated heterocycles. The topological polar surface area (TPSA) is 96.0 Å². The number of carbonyl (C=O) groups excluding carboxylic acids is 2. The van der Waals surface area contributed by atoms with Crippen LogP contribution in [0.1, 0.15) is 30.0 Å². The number of ether oxygens (including phenoxy) is 1. The molecule has 0 heterocycles. The summed E-state index contributed by atoms with van der Waals surface area (Å²) in [7, 11) is -2.64. The number of carbonyl (C=O) groups is 2. The molecule has 1 unspecified atom stereocenters. The minimum absolute atomic E-state index is 0.0549. The predicted molar refractivity (Wildman–Crippen MR) is 169 cm³/mol. The van der Waals surface area contributed by atoms with Crippen molar-refractivity contribution >= 4 is 27.5 Å². The van der Waals surface area contributed by atoms with Gasteiger partial charge in [0.05, 0.1) is 10.6 Å². The number of nitrogens with one attached hydrogen (secondary N) is 1. The summed E-state index contributed by atoms with van der Waals surface area (Å²) < 4.78 is 35.1. The molecule has 0 saturated carbocycles. The second-order valence-corrected chi connectivity index (χ2v) is 12.1. The molecule has 8 nitrogen and oxygen atoms in total. The van der Waals surface area contributed by atoms with E-state index in [1.807, 2.05) is 75.4 Å². The number of rotatable bonds is 12. The van der Waals surface area contributed by atoms with Crippen molar-refractivity contribution in [2.24, 2.45) is 0 Å². The number of anilines is 1. The van der Waals surface area contributed by atoms with Crippen molar-refractivity contribution in [3.8, 4) is 11.5 Å². The number of hydrogen-bond donors (Lipinski definition) is 1. The highest BCUT2D eigenvalue weighted by Gasteiger charge is 2.33. The van der Waals surface area contributed by atoms with Gasteiger partial charge < -0.3 is 15.0 Å². The van der Waals surface area contributed by atoms with Gasteiger partial charge in [0.2, 0.25) is 11.8 Å². The summed E-state index contributed by atoms with van der Waals surface area (Å²) in [4.78, 5) is 28.5. The van der Waals surface area contributed by atoms with Gasteiger partial charge in [-0.25, -0.2) is 8.42 Å². The van der Waals surface area contributed by atoms with Crippen molar-refractivity contribution in [1.82, 2.24) is 10.2 Å². The highest BCUT2D eigenvalue weighted by atomic mass is 32.2. The van der Waals surface area contributed by atoms with Crippen LogP contribution in [0.15, 0.2) is 108 Å². The molecule has 9 heteroatoms. The van der Waals surface area contributed by atoms with Gasteiger partial charge in [-0.05, 0) is 79.9 Å². The summed E-state index contributed by atoms with van der Waals surface area (Å²) in [6.45, 7) is 5.28. The molecular weight excluding hydrogens is 562 g/mol. The average Bonchev–Trinajstić information content (AvgIpc) is 3.01. The van der Waals surface area contributed by atoms with Crippen LogP contribution in [-0.4, -0.2) is 44.8 Å². The van der Waals surface area contributed by atoms with E-state index in [1.54, 1.807) is 36.4 Å². The number of likely N-dealkylation sites (N-methyl/N-ethyl adjacent to an activating group) is 1. The van der Waals surface area contributed by atoms with Crippen molar-refractivity contribution in [2.75, 3.05) is 17.9 Å². The first-order valence-electron chi connectivity index (χ1n) is 14.1. The highest BCUT2D eigenvalue weighted by molar-refractivity contribution is 7.92. The summed E-state index contributed by atoms with van der Waals surface area (Å²) in [5.41, 5.74) is 3.03. The van der Waals surface area contributed by atoms with Crippen LogP contribution in [0.4, 0.5) is 5.69 Å². The van der Waals surface area contributed by atoms with Crippen molar-refractivity contribution in [1.29, 1.82) is 0 Å². The summed E-state index contributed by atoms with van der Waals surface area (Å²) >= 11 is 0. The fourth-order valence-corrected chi connectivity index (χ4v) is 6.14. The largest absolute Gasteiger partial charge is 0.457 e. The molecule has 4 aromatic rings. The number of para-hydroxylation sites is 1. The van der Waals surface area contributed by atoms with Gasteiger partial charge in [0, 0.05) is 13.6 Å². The van der Waals surface area contributed by atoms with Crippen LogP contribution in [0.3, 0.4) is 0 Å².